The first-order valence-corrected chi connectivity index (χ1v) is 7.82. The summed E-state index contributed by atoms with van der Waals surface area (Å²) in [7, 11) is 0. The monoisotopic (exact) mass is 326 g/mol. The van der Waals surface area contributed by atoms with Crippen LogP contribution < -0.4 is 0 Å². The normalized spacial score (nSPS) is 11.6. The quantitative estimate of drug-likeness (QED) is 0.427. The molecule has 0 amide bonds. The number of allylic oxidation sites excluding steroid dienone is 1. The molecule has 0 atom stereocenters. The van der Waals surface area contributed by atoms with E-state index in [2.05, 4.69) is 20.6 Å². The number of benzene rings is 1. The lowest BCUT2D eigenvalue weighted by atomic mass is 10.0. The number of carbonyl (C=O) groups excluding carboxylic acids is 1. The summed E-state index contributed by atoms with van der Waals surface area (Å²) in [6, 6.07) is 10.1. The zero-order chi connectivity index (χ0) is 16.2. The van der Waals surface area contributed by atoms with Crippen molar-refractivity contribution in [2.24, 2.45) is 0 Å². The maximum atomic E-state index is 12.4. The minimum atomic E-state index is -0.307. The van der Waals surface area contributed by atoms with E-state index in [0.717, 1.165) is 17.2 Å². The van der Waals surface area contributed by atoms with Crippen LogP contribution in [0.2, 0.25) is 0 Å². The van der Waals surface area contributed by atoms with Crippen LogP contribution in [0.5, 0.6) is 0 Å². The van der Waals surface area contributed by atoms with E-state index < -0.39 is 0 Å². The number of nitrogens with one attached hydrogen (secondary N) is 1. The number of rotatable bonds is 5. The smallest absolute Gasteiger partial charge is 0.239 e. The van der Waals surface area contributed by atoms with Gasteiger partial charge in [0.25, 0.3) is 0 Å². The highest BCUT2D eigenvalue weighted by atomic mass is 32.1. The van der Waals surface area contributed by atoms with Gasteiger partial charge in [-0.1, -0.05) is 29.8 Å². The van der Waals surface area contributed by atoms with Gasteiger partial charge in [0.05, 0.1) is 4.88 Å². The highest BCUT2D eigenvalue weighted by molar-refractivity contribution is 7.12. The van der Waals surface area contributed by atoms with Crippen LogP contribution in [-0.4, -0.2) is 31.5 Å². The third-order valence-electron chi connectivity index (χ3n) is 3.33. The fourth-order valence-corrected chi connectivity index (χ4v) is 2.98. The molecule has 2 N–H and O–H groups in total. The Morgan fingerprint density at radius 1 is 1.30 bits per heavy atom. The van der Waals surface area contributed by atoms with Crippen LogP contribution >= 0.6 is 11.3 Å². The van der Waals surface area contributed by atoms with Gasteiger partial charge < -0.3 is 5.11 Å². The minimum Gasteiger partial charge on any atom is -0.504 e. The molecule has 7 heteroatoms. The highest BCUT2D eigenvalue weighted by Gasteiger charge is 2.14. The van der Waals surface area contributed by atoms with Gasteiger partial charge in [0.1, 0.15) is 0 Å². The average Bonchev–Trinajstić information content (AvgIpc) is 3.20. The molecule has 3 rings (SSSR count). The van der Waals surface area contributed by atoms with Gasteiger partial charge in [0, 0.05) is 6.08 Å². The molecule has 0 aliphatic rings. The topological polar surface area (TPSA) is 91.8 Å². The second kappa shape index (κ2) is 6.53. The van der Waals surface area contributed by atoms with Gasteiger partial charge in [0.2, 0.25) is 5.82 Å². The SMILES string of the molecule is Cc1ccc(Cc2ccsc2C(=O)C=C(O)c2nn[nH]n2)cc1. The molecule has 0 spiro atoms. The van der Waals surface area contributed by atoms with Crippen molar-refractivity contribution in [3.63, 3.8) is 0 Å². The molecule has 0 fully saturated rings. The Balaban J connectivity index is 1.81. The number of aromatic amines is 1. The van der Waals surface area contributed by atoms with E-state index in [1.165, 1.54) is 16.9 Å². The van der Waals surface area contributed by atoms with Crippen LogP contribution in [0.4, 0.5) is 0 Å². The van der Waals surface area contributed by atoms with E-state index in [0.29, 0.717) is 11.3 Å². The molecule has 0 saturated carbocycles. The first-order chi connectivity index (χ1) is 11.1. The zero-order valence-corrected chi connectivity index (χ0v) is 13.2. The van der Waals surface area contributed by atoms with Gasteiger partial charge in [-0.15, -0.1) is 21.5 Å². The van der Waals surface area contributed by atoms with Crippen molar-refractivity contribution in [1.82, 2.24) is 20.6 Å². The fraction of sp³-hybridized carbons (Fsp3) is 0.125. The van der Waals surface area contributed by atoms with Crippen molar-refractivity contribution in [3.05, 3.63) is 69.2 Å². The van der Waals surface area contributed by atoms with E-state index in [9.17, 15) is 9.90 Å². The number of thiophene rings is 1. The number of aryl methyl sites for hydroxylation is 1. The van der Waals surface area contributed by atoms with Crippen LogP contribution in [0.25, 0.3) is 5.76 Å². The molecule has 2 heterocycles. The Labute approximate surface area is 136 Å². The lowest BCUT2D eigenvalue weighted by Crippen LogP contribution is -1.99. The van der Waals surface area contributed by atoms with Crippen molar-refractivity contribution in [2.45, 2.75) is 13.3 Å². The van der Waals surface area contributed by atoms with E-state index in [-0.39, 0.29) is 17.4 Å². The molecule has 6 nitrogen and oxygen atoms in total. The third kappa shape index (κ3) is 3.51. The zero-order valence-electron chi connectivity index (χ0n) is 12.4. The molecule has 0 saturated heterocycles. The first kappa shape index (κ1) is 15.1. The number of aliphatic hydroxyl groups excluding tert-OH is 1. The molecule has 2 aromatic heterocycles. The minimum absolute atomic E-state index is 0.00464. The fourth-order valence-electron chi connectivity index (χ4n) is 2.14. The summed E-state index contributed by atoms with van der Waals surface area (Å²) in [5.41, 5.74) is 3.26. The van der Waals surface area contributed by atoms with Gasteiger partial charge in [-0.2, -0.15) is 5.21 Å². The standard InChI is InChI=1S/C16H14N4O2S/c1-10-2-4-11(5-3-10)8-12-6-7-23-15(12)13(21)9-14(22)16-17-19-20-18-16/h2-7,9,22H,8H2,1H3,(H,17,18,19,20). The molecular formula is C16H14N4O2S. The number of tetrazole rings is 1. The van der Waals surface area contributed by atoms with Crippen molar-refractivity contribution < 1.29 is 9.90 Å². The lowest BCUT2D eigenvalue weighted by Gasteiger charge is -2.03. The summed E-state index contributed by atoms with van der Waals surface area (Å²) in [5, 5.41) is 24.6. The molecule has 0 aliphatic heterocycles. The number of aromatic nitrogens is 4. The predicted octanol–water partition coefficient (Wildman–Crippen LogP) is 2.94. The Morgan fingerprint density at radius 3 is 2.78 bits per heavy atom. The molecule has 116 valence electrons. The van der Waals surface area contributed by atoms with Crippen molar-refractivity contribution >= 4 is 22.9 Å². The molecular weight excluding hydrogens is 312 g/mol. The average molecular weight is 326 g/mol. The van der Waals surface area contributed by atoms with E-state index in [1.807, 2.05) is 42.6 Å². The van der Waals surface area contributed by atoms with Crippen LogP contribution in [0.15, 0.2) is 41.8 Å². The molecule has 1 aromatic carbocycles. The van der Waals surface area contributed by atoms with Gasteiger partial charge in [-0.25, -0.2) is 0 Å². The number of H-pyrrole nitrogens is 1. The van der Waals surface area contributed by atoms with E-state index in [4.69, 9.17) is 0 Å². The van der Waals surface area contributed by atoms with Crippen LogP contribution in [0, 0.1) is 6.92 Å². The molecule has 3 aromatic rings. The Hall–Kier alpha value is -2.80. The van der Waals surface area contributed by atoms with Crippen molar-refractivity contribution in [2.75, 3.05) is 0 Å². The number of ketones is 1. The molecule has 0 bridgehead atoms. The maximum absolute atomic E-state index is 12.4. The van der Waals surface area contributed by atoms with Crippen LogP contribution in [0.1, 0.15) is 32.2 Å². The van der Waals surface area contributed by atoms with Gasteiger partial charge in [-0.3, -0.25) is 4.79 Å². The number of hydrogen-bond acceptors (Lipinski definition) is 6. The second-order valence-corrected chi connectivity index (χ2v) is 5.98. The Bertz CT molecular complexity index is 835. The summed E-state index contributed by atoms with van der Waals surface area (Å²) < 4.78 is 0. The third-order valence-corrected chi connectivity index (χ3v) is 4.30. The Kier molecular flexibility index (Phi) is 4.29. The first-order valence-electron chi connectivity index (χ1n) is 6.94. The largest absolute Gasteiger partial charge is 0.504 e. The summed E-state index contributed by atoms with van der Waals surface area (Å²) in [6.07, 6.45) is 1.79. The van der Waals surface area contributed by atoms with E-state index in [1.54, 1.807) is 0 Å². The second-order valence-electron chi connectivity index (χ2n) is 5.07. The number of carbonyl (C=O) groups is 1. The number of nitrogens with zero attached hydrogens (tertiary/aromatic N) is 3. The predicted molar refractivity (Wildman–Crippen MR) is 87.4 cm³/mol. The summed E-state index contributed by atoms with van der Waals surface area (Å²) in [5.74, 6) is -0.585. The summed E-state index contributed by atoms with van der Waals surface area (Å²) in [4.78, 5) is 13.0. The van der Waals surface area contributed by atoms with Gasteiger partial charge in [-0.05, 0) is 41.1 Å². The lowest BCUT2D eigenvalue weighted by molar-refractivity contribution is 0.104. The molecule has 0 radical (unpaired) electrons. The Morgan fingerprint density at radius 2 is 2.09 bits per heavy atom. The molecule has 23 heavy (non-hydrogen) atoms. The summed E-state index contributed by atoms with van der Waals surface area (Å²) >= 11 is 1.35. The maximum Gasteiger partial charge on any atom is 0.239 e. The molecule has 0 unspecified atom stereocenters. The highest BCUT2D eigenvalue weighted by Crippen LogP contribution is 2.22. The molecule has 0 aliphatic carbocycles. The van der Waals surface area contributed by atoms with Crippen molar-refractivity contribution in [3.8, 4) is 0 Å². The number of aliphatic hydroxyl groups is 1. The van der Waals surface area contributed by atoms with Crippen LogP contribution in [-0.2, 0) is 6.42 Å². The van der Waals surface area contributed by atoms with Crippen molar-refractivity contribution in [1.29, 1.82) is 0 Å². The van der Waals surface area contributed by atoms with Gasteiger partial charge in [0.15, 0.2) is 11.5 Å². The van der Waals surface area contributed by atoms with Crippen LogP contribution in [0.3, 0.4) is 0 Å². The number of hydrogen-bond donors (Lipinski definition) is 2. The summed E-state index contributed by atoms with van der Waals surface area (Å²) in [6.45, 7) is 2.04. The van der Waals surface area contributed by atoms with E-state index >= 15 is 0 Å². The van der Waals surface area contributed by atoms with Gasteiger partial charge >= 0.3 is 0 Å².